The molecule has 0 saturated carbocycles. The normalized spacial score (nSPS) is 12.0. The molecule has 0 fully saturated rings. The minimum atomic E-state index is -0.152. The van der Waals surface area contributed by atoms with Crippen LogP contribution < -0.4 is 10.1 Å². The Morgan fingerprint density at radius 3 is 2.79 bits per heavy atom. The average Bonchev–Trinajstić information content (AvgIpc) is 2.40. The highest BCUT2D eigenvalue weighted by molar-refractivity contribution is 5.77. The fraction of sp³-hybridized carbons (Fsp3) is 0.533. The molecule has 19 heavy (non-hydrogen) atoms. The van der Waals surface area contributed by atoms with Crippen molar-refractivity contribution in [2.75, 3.05) is 13.2 Å². The average molecular weight is 265 g/mol. The van der Waals surface area contributed by atoms with Gasteiger partial charge in [0.15, 0.2) is 6.61 Å². The maximum Gasteiger partial charge on any atom is 0.258 e. The molecule has 0 bridgehead atoms. The third-order valence-corrected chi connectivity index (χ3v) is 3.25. The smallest absolute Gasteiger partial charge is 0.258 e. The molecule has 0 spiro atoms. The van der Waals surface area contributed by atoms with E-state index in [-0.39, 0.29) is 25.2 Å². The first-order chi connectivity index (χ1) is 9.08. The summed E-state index contributed by atoms with van der Waals surface area (Å²) in [4.78, 5) is 11.7. The predicted octanol–water partition coefficient (Wildman–Crippen LogP) is 1.96. The Morgan fingerprint density at radius 1 is 1.42 bits per heavy atom. The summed E-state index contributed by atoms with van der Waals surface area (Å²) in [6, 6.07) is 5.80. The van der Waals surface area contributed by atoms with Gasteiger partial charge in [0.25, 0.3) is 5.91 Å². The zero-order chi connectivity index (χ0) is 14.3. The Labute approximate surface area is 114 Å². The van der Waals surface area contributed by atoms with Crippen molar-refractivity contribution < 1.29 is 14.6 Å². The van der Waals surface area contributed by atoms with Crippen LogP contribution in [0.15, 0.2) is 18.2 Å². The third kappa shape index (κ3) is 4.91. The van der Waals surface area contributed by atoms with Crippen LogP contribution in [0.25, 0.3) is 0 Å². The van der Waals surface area contributed by atoms with E-state index in [1.165, 1.54) is 0 Å². The number of aliphatic hydroxyl groups is 1. The molecule has 1 rings (SSSR count). The van der Waals surface area contributed by atoms with E-state index in [2.05, 4.69) is 5.32 Å². The number of aliphatic hydroxyl groups excluding tert-OH is 1. The van der Waals surface area contributed by atoms with Gasteiger partial charge in [-0.05, 0) is 43.9 Å². The molecule has 0 saturated heterocycles. The summed E-state index contributed by atoms with van der Waals surface area (Å²) in [6.07, 6.45) is 1.38. The maximum absolute atomic E-state index is 11.7. The monoisotopic (exact) mass is 265 g/mol. The number of aryl methyl sites for hydroxylation is 1. The van der Waals surface area contributed by atoms with Gasteiger partial charge in [0.2, 0.25) is 0 Å². The minimum absolute atomic E-state index is 0.00617. The van der Waals surface area contributed by atoms with E-state index in [4.69, 9.17) is 9.84 Å². The Balaban J connectivity index is 2.47. The highest BCUT2D eigenvalue weighted by Crippen LogP contribution is 2.20. The van der Waals surface area contributed by atoms with Crippen LogP contribution in [0.2, 0.25) is 0 Å². The molecule has 0 heterocycles. The SMILES string of the molecule is CCC(CCO)NC(=O)COc1cccc(C)c1C. The van der Waals surface area contributed by atoms with Gasteiger partial charge in [-0.3, -0.25) is 4.79 Å². The van der Waals surface area contributed by atoms with Crippen molar-refractivity contribution in [2.24, 2.45) is 0 Å². The van der Waals surface area contributed by atoms with Gasteiger partial charge in [-0.25, -0.2) is 0 Å². The summed E-state index contributed by atoms with van der Waals surface area (Å²) >= 11 is 0. The molecule has 0 aliphatic carbocycles. The number of benzene rings is 1. The van der Waals surface area contributed by atoms with Crippen LogP contribution in [0, 0.1) is 13.8 Å². The summed E-state index contributed by atoms with van der Waals surface area (Å²) in [5, 5.41) is 11.7. The van der Waals surface area contributed by atoms with Crippen molar-refractivity contribution in [3.63, 3.8) is 0 Å². The molecular weight excluding hydrogens is 242 g/mol. The van der Waals surface area contributed by atoms with Crippen molar-refractivity contribution in [1.82, 2.24) is 5.32 Å². The summed E-state index contributed by atoms with van der Waals surface area (Å²) < 4.78 is 5.53. The summed E-state index contributed by atoms with van der Waals surface area (Å²) in [7, 11) is 0. The molecule has 2 N–H and O–H groups in total. The molecule has 0 aliphatic heterocycles. The molecule has 1 atom stereocenters. The van der Waals surface area contributed by atoms with Crippen LogP contribution in [0.3, 0.4) is 0 Å². The number of hydrogen-bond donors (Lipinski definition) is 2. The number of amides is 1. The Morgan fingerprint density at radius 2 is 2.16 bits per heavy atom. The molecule has 0 radical (unpaired) electrons. The predicted molar refractivity (Wildman–Crippen MR) is 75.3 cm³/mol. The number of hydrogen-bond acceptors (Lipinski definition) is 3. The largest absolute Gasteiger partial charge is 0.483 e. The molecule has 4 nitrogen and oxygen atoms in total. The highest BCUT2D eigenvalue weighted by atomic mass is 16.5. The number of carbonyl (C=O) groups is 1. The van der Waals surface area contributed by atoms with Gasteiger partial charge in [-0.2, -0.15) is 0 Å². The second-order valence-electron chi connectivity index (χ2n) is 4.67. The summed E-state index contributed by atoms with van der Waals surface area (Å²) in [5.41, 5.74) is 2.20. The fourth-order valence-electron chi connectivity index (χ4n) is 1.83. The lowest BCUT2D eigenvalue weighted by Gasteiger charge is -2.16. The third-order valence-electron chi connectivity index (χ3n) is 3.25. The van der Waals surface area contributed by atoms with Gasteiger partial charge >= 0.3 is 0 Å². The van der Waals surface area contributed by atoms with Crippen molar-refractivity contribution in [3.05, 3.63) is 29.3 Å². The molecule has 1 aromatic rings. The first kappa shape index (κ1) is 15.5. The van der Waals surface area contributed by atoms with E-state index >= 15 is 0 Å². The molecular formula is C15H23NO3. The van der Waals surface area contributed by atoms with E-state index in [1.54, 1.807) is 0 Å². The van der Waals surface area contributed by atoms with Crippen molar-refractivity contribution in [1.29, 1.82) is 0 Å². The lowest BCUT2D eigenvalue weighted by Crippen LogP contribution is -2.38. The maximum atomic E-state index is 11.7. The molecule has 1 amide bonds. The van der Waals surface area contributed by atoms with Crippen molar-refractivity contribution >= 4 is 5.91 Å². The van der Waals surface area contributed by atoms with Crippen LogP contribution in [0.1, 0.15) is 30.9 Å². The first-order valence-electron chi connectivity index (χ1n) is 6.67. The van der Waals surface area contributed by atoms with Crippen molar-refractivity contribution in [2.45, 2.75) is 39.7 Å². The van der Waals surface area contributed by atoms with Gasteiger partial charge in [0.1, 0.15) is 5.75 Å². The van der Waals surface area contributed by atoms with Crippen molar-refractivity contribution in [3.8, 4) is 5.75 Å². The minimum Gasteiger partial charge on any atom is -0.483 e. The zero-order valence-electron chi connectivity index (χ0n) is 11.9. The molecule has 106 valence electrons. The van der Waals surface area contributed by atoms with Crippen LogP contribution >= 0.6 is 0 Å². The van der Waals surface area contributed by atoms with E-state index < -0.39 is 0 Å². The number of rotatable bonds is 7. The second-order valence-corrected chi connectivity index (χ2v) is 4.67. The van der Waals surface area contributed by atoms with E-state index in [0.29, 0.717) is 6.42 Å². The number of carbonyl (C=O) groups excluding carboxylic acids is 1. The van der Waals surface area contributed by atoms with Gasteiger partial charge in [0, 0.05) is 12.6 Å². The standard InChI is InChI=1S/C15H23NO3/c1-4-13(8-9-17)16-15(18)10-19-14-7-5-6-11(2)12(14)3/h5-7,13,17H,4,8-10H2,1-3H3,(H,16,18). The molecule has 0 aliphatic rings. The summed E-state index contributed by atoms with van der Waals surface area (Å²) in [6.45, 7) is 6.05. The Bertz CT molecular complexity index is 418. The van der Waals surface area contributed by atoms with Gasteiger partial charge in [-0.1, -0.05) is 19.1 Å². The van der Waals surface area contributed by atoms with Crippen LogP contribution in [0.5, 0.6) is 5.75 Å². The topological polar surface area (TPSA) is 58.6 Å². The van der Waals surface area contributed by atoms with E-state index in [1.807, 2.05) is 39.0 Å². The lowest BCUT2D eigenvalue weighted by atomic mass is 10.1. The number of nitrogens with one attached hydrogen (secondary N) is 1. The quantitative estimate of drug-likeness (QED) is 0.792. The molecule has 1 aromatic carbocycles. The van der Waals surface area contributed by atoms with Gasteiger partial charge in [-0.15, -0.1) is 0 Å². The molecule has 0 aromatic heterocycles. The molecule has 1 unspecified atom stereocenters. The fourth-order valence-corrected chi connectivity index (χ4v) is 1.83. The second kappa shape index (κ2) is 7.79. The highest BCUT2D eigenvalue weighted by Gasteiger charge is 2.11. The Hall–Kier alpha value is -1.55. The van der Waals surface area contributed by atoms with Crippen LogP contribution in [0.4, 0.5) is 0 Å². The number of ether oxygens (including phenoxy) is 1. The lowest BCUT2D eigenvalue weighted by molar-refractivity contribution is -0.123. The van der Waals surface area contributed by atoms with Crippen LogP contribution in [-0.4, -0.2) is 30.3 Å². The zero-order valence-corrected chi connectivity index (χ0v) is 11.9. The Kier molecular flexibility index (Phi) is 6.36. The summed E-state index contributed by atoms with van der Waals surface area (Å²) in [5.74, 6) is 0.589. The van der Waals surface area contributed by atoms with Gasteiger partial charge in [0.05, 0.1) is 0 Å². The first-order valence-corrected chi connectivity index (χ1v) is 6.67. The van der Waals surface area contributed by atoms with E-state index in [0.717, 1.165) is 23.3 Å². The van der Waals surface area contributed by atoms with Crippen LogP contribution in [-0.2, 0) is 4.79 Å². The molecule has 4 heteroatoms. The van der Waals surface area contributed by atoms with E-state index in [9.17, 15) is 4.79 Å². The van der Waals surface area contributed by atoms with Gasteiger partial charge < -0.3 is 15.2 Å².